The number of aromatic nitrogens is 3. The van der Waals surface area contributed by atoms with Crippen molar-refractivity contribution in [3.05, 3.63) is 59.8 Å². The zero-order valence-corrected chi connectivity index (χ0v) is 19.1. The fourth-order valence-corrected chi connectivity index (χ4v) is 4.46. The Balaban J connectivity index is 1.50. The van der Waals surface area contributed by atoms with Crippen molar-refractivity contribution >= 4 is 28.2 Å². The van der Waals surface area contributed by atoms with E-state index in [0.29, 0.717) is 11.6 Å². The molecule has 1 N–H and O–H groups in total. The van der Waals surface area contributed by atoms with Gasteiger partial charge in [-0.05, 0) is 44.3 Å². The lowest BCUT2D eigenvalue weighted by Gasteiger charge is -2.34. The van der Waals surface area contributed by atoms with Gasteiger partial charge in [0, 0.05) is 42.8 Å². The Bertz CT molecular complexity index is 1230. The second-order valence-corrected chi connectivity index (χ2v) is 8.48. The molecule has 7 heteroatoms. The van der Waals surface area contributed by atoms with Crippen LogP contribution in [0.1, 0.15) is 6.92 Å². The van der Waals surface area contributed by atoms with Crippen molar-refractivity contribution in [1.82, 2.24) is 20.1 Å². The van der Waals surface area contributed by atoms with Crippen LogP contribution in [0, 0.1) is 0 Å². The molecule has 1 aliphatic heterocycles. The minimum absolute atomic E-state index is 0.562. The zero-order valence-electron chi connectivity index (χ0n) is 18.3. The van der Waals surface area contributed by atoms with Crippen LogP contribution in [0.3, 0.4) is 0 Å². The van der Waals surface area contributed by atoms with Gasteiger partial charge in [0.1, 0.15) is 11.4 Å². The predicted molar refractivity (Wildman–Crippen MR) is 131 cm³/mol. The molecule has 0 saturated carbocycles. The molecule has 1 saturated heterocycles. The normalized spacial score (nSPS) is 14.8. The number of halogens is 1. The second kappa shape index (κ2) is 8.81. The summed E-state index contributed by atoms with van der Waals surface area (Å²) in [4.78, 5) is 9.42. The Morgan fingerprint density at radius 2 is 1.84 bits per heavy atom. The average molecular weight is 448 g/mol. The molecule has 32 heavy (non-hydrogen) atoms. The average Bonchev–Trinajstić information content (AvgIpc) is 3.23. The number of nitrogens with one attached hydrogen (secondary N) is 1. The maximum atomic E-state index is 6.53. The topological polar surface area (TPSA) is 57.3 Å². The van der Waals surface area contributed by atoms with Crippen LogP contribution in [0.2, 0.25) is 5.02 Å². The second-order valence-electron chi connectivity index (χ2n) is 8.07. The molecule has 0 bridgehead atoms. The number of H-pyrrole nitrogens is 1. The van der Waals surface area contributed by atoms with Gasteiger partial charge in [-0.3, -0.25) is 10.1 Å². The quantitative estimate of drug-likeness (QED) is 0.461. The van der Waals surface area contributed by atoms with Gasteiger partial charge in [0.2, 0.25) is 0 Å². The molecule has 0 unspecified atom stereocenters. The van der Waals surface area contributed by atoms with Gasteiger partial charge in [0.25, 0.3) is 0 Å². The van der Waals surface area contributed by atoms with Gasteiger partial charge in [-0.2, -0.15) is 5.10 Å². The SMILES string of the molecule is CCOc1cccc(Cl)c1-c1cc2c(-c3ccc(N4CCN(C)CC4)cc3)n[nH]c2cn1. The molecule has 6 nitrogen and oxygen atoms in total. The summed E-state index contributed by atoms with van der Waals surface area (Å²) in [5, 5.41) is 9.31. The highest BCUT2D eigenvalue weighted by Gasteiger charge is 2.17. The molecule has 4 aromatic rings. The number of fused-ring (bicyclic) bond motifs is 1. The minimum Gasteiger partial charge on any atom is -0.493 e. The van der Waals surface area contributed by atoms with Crippen molar-refractivity contribution in [3.63, 3.8) is 0 Å². The molecule has 3 heterocycles. The third-order valence-electron chi connectivity index (χ3n) is 5.99. The lowest BCUT2D eigenvalue weighted by Crippen LogP contribution is -2.44. The lowest BCUT2D eigenvalue weighted by molar-refractivity contribution is 0.313. The van der Waals surface area contributed by atoms with E-state index in [1.54, 1.807) is 6.20 Å². The van der Waals surface area contributed by atoms with Crippen molar-refractivity contribution in [2.75, 3.05) is 44.7 Å². The number of rotatable bonds is 5. The molecular weight excluding hydrogens is 422 g/mol. The molecule has 0 radical (unpaired) electrons. The summed E-state index contributed by atoms with van der Waals surface area (Å²) in [6, 6.07) is 16.4. The van der Waals surface area contributed by atoms with Crippen LogP contribution < -0.4 is 9.64 Å². The number of ether oxygens (including phenoxy) is 1. The van der Waals surface area contributed by atoms with Crippen LogP contribution in [0.25, 0.3) is 33.4 Å². The van der Waals surface area contributed by atoms with E-state index in [0.717, 1.165) is 65.3 Å². The van der Waals surface area contributed by atoms with Crippen LogP contribution in [0.4, 0.5) is 5.69 Å². The molecule has 2 aromatic carbocycles. The highest BCUT2D eigenvalue weighted by atomic mass is 35.5. The summed E-state index contributed by atoms with van der Waals surface area (Å²) in [7, 11) is 2.17. The third-order valence-corrected chi connectivity index (χ3v) is 6.30. The molecule has 0 aliphatic carbocycles. The van der Waals surface area contributed by atoms with Crippen LogP contribution in [-0.4, -0.2) is 59.9 Å². The summed E-state index contributed by atoms with van der Waals surface area (Å²) >= 11 is 6.53. The molecule has 164 valence electrons. The molecular formula is C25H26ClN5O. The summed E-state index contributed by atoms with van der Waals surface area (Å²) in [5.41, 5.74) is 5.67. The first kappa shape index (κ1) is 20.8. The first-order valence-corrected chi connectivity index (χ1v) is 11.3. The van der Waals surface area contributed by atoms with Crippen molar-refractivity contribution in [3.8, 4) is 28.3 Å². The summed E-state index contributed by atoms with van der Waals surface area (Å²) < 4.78 is 5.80. The number of hydrogen-bond donors (Lipinski definition) is 1. The van der Waals surface area contributed by atoms with E-state index in [1.807, 2.05) is 31.2 Å². The fraction of sp³-hybridized carbons (Fsp3) is 0.280. The van der Waals surface area contributed by atoms with E-state index in [9.17, 15) is 0 Å². The van der Waals surface area contributed by atoms with Crippen LogP contribution >= 0.6 is 11.6 Å². The maximum absolute atomic E-state index is 6.53. The van der Waals surface area contributed by atoms with E-state index in [1.165, 1.54) is 5.69 Å². The predicted octanol–water partition coefficient (Wildman–Crippen LogP) is 5.10. The van der Waals surface area contributed by atoms with Gasteiger partial charge in [-0.25, -0.2) is 0 Å². The van der Waals surface area contributed by atoms with E-state index < -0.39 is 0 Å². The van der Waals surface area contributed by atoms with Crippen LogP contribution in [0.5, 0.6) is 5.75 Å². The Morgan fingerprint density at radius 3 is 2.59 bits per heavy atom. The van der Waals surface area contributed by atoms with Gasteiger partial charge in [-0.15, -0.1) is 0 Å². The number of anilines is 1. The molecule has 0 amide bonds. The number of piperazine rings is 1. The molecule has 5 rings (SSSR count). The smallest absolute Gasteiger partial charge is 0.130 e. The third kappa shape index (κ3) is 3.92. The highest BCUT2D eigenvalue weighted by Crippen LogP contribution is 2.38. The Morgan fingerprint density at radius 1 is 1.06 bits per heavy atom. The van der Waals surface area contributed by atoms with Gasteiger partial charge in [-0.1, -0.05) is 29.8 Å². The Labute approximate surface area is 192 Å². The van der Waals surface area contributed by atoms with Crippen LogP contribution in [0.15, 0.2) is 54.7 Å². The summed E-state index contributed by atoms with van der Waals surface area (Å²) in [6.45, 7) is 6.81. The van der Waals surface area contributed by atoms with E-state index in [-0.39, 0.29) is 0 Å². The molecule has 1 fully saturated rings. The number of hydrogen-bond acceptors (Lipinski definition) is 5. The largest absolute Gasteiger partial charge is 0.493 e. The Hall–Kier alpha value is -3.09. The van der Waals surface area contributed by atoms with Gasteiger partial charge >= 0.3 is 0 Å². The number of likely N-dealkylation sites (N-methyl/N-ethyl adjacent to an activating group) is 1. The highest BCUT2D eigenvalue weighted by molar-refractivity contribution is 6.33. The van der Waals surface area contributed by atoms with Crippen molar-refractivity contribution in [2.45, 2.75) is 6.92 Å². The van der Waals surface area contributed by atoms with E-state index >= 15 is 0 Å². The van der Waals surface area contributed by atoms with Gasteiger partial charge in [0.15, 0.2) is 0 Å². The molecule has 2 aromatic heterocycles. The van der Waals surface area contributed by atoms with Crippen LogP contribution in [-0.2, 0) is 0 Å². The fourth-order valence-electron chi connectivity index (χ4n) is 4.20. The van der Waals surface area contributed by atoms with Gasteiger partial charge in [0.05, 0.1) is 34.6 Å². The monoisotopic (exact) mass is 447 g/mol. The van der Waals surface area contributed by atoms with E-state index in [4.69, 9.17) is 16.3 Å². The van der Waals surface area contributed by atoms with Crippen molar-refractivity contribution in [1.29, 1.82) is 0 Å². The van der Waals surface area contributed by atoms with Crippen molar-refractivity contribution < 1.29 is 4.74 Å². The molecule has 0 spiro atoms. The first-order chi connectivity index (χ1) is 15.6. The lowest BCUT2D eigenvalue weighted by atomic mass is 10.0. The number of benzene rings is 2. The Kier molecular flexibility index (Phi) is 5.72. The molecule has 1 aliphatic rings. The first-order valence-electron chi connectivity index (χ1n) is 10.9. The maximum Gasteiger partial charge on any atom is 0.130 e. The number of pyridine rings is 1. The number of aromatic amines is 1. The summed E-state index contributed by atoms with van der Waals surface area (Å²) in [6.07, 6.45) is 1.80. The molecule has 0 atom stereocenters. The van der Waals surface area contributed by atoms with E-state index in [2.05, 4.69) is 56.3 Å². The van der Waals surface area contributed by atoms with Gasteiger partial charge < -0.3 is 14.5 Å². The summed E-state index contributed by atoms with van der Waals surface area (Å²) in [5.74, 6) is 0.730. The standard InChI is InChI=1S/C25H26ClN5O/c1-3-32-23-6-4-5-20(26)24(23)21-15-19-22(16-27-21)28-29-25(19)17-7-9-18(10-8-17)31-13-11-30(2)12-14-31/h4-10,15-16H,3,11-14H2,1-2H3,(H,28,29). The van der Waals surface area contributed by atoms with Crippen molar-refractivity contribution in [2.24, 2.45) is 0 Å². The minimum atomic E-state index is 0.562. The zero-order chi connectivity index (χ0) is 22.1. The number of nitrogens with zero attached hydrogens (tertiary/aromatic N) is 4.